The number of ether oxygens (including phenoxy) is 1. The van der Waals surface area contributed by atoms with Crippen molar-refractivity contribution in [1.82, 2.24) is 10.2 Å². The molecule has 2 aliphatic heterocycles. The molecule has 1 amide bonds. The lowest BCUT2D eigenvalue weighted by Crippen LogP contribution is -2.53. The molecule has 2 aromatic carbocycles. The summed E-state index contributed by atoms with van der Waals surface area (Å²) in [7, 11) is 0. The van der Waals surface area contributed by atoms with E-state index < -0.39 is 23.8 Å². The molecule has 2 aliphatic rings. The monoisotopic (exact) mass is 393 g/mol. The third-order valence-corrected chi connectivity index (χ3v) is 5.30. The Morgan fingerprint density at radius 2 is 1.93 bits per heavy atom. The topological polar surface area (TPSA) is 91.2 Å². The highest BCUT2D eigenvalue weighted by molar-refractivity contribution is 6.08. The molecule has 2 aromatic rings. The largest absolute Gasteiger partial charge is 0.508 e. The number of amides is 1. The standard InChI is InChI=1S/C22H23N3O4/c1-2-29-21(28)18-19(15-7-9-17(26)10-8-15)23-22(24-20(18)27)25-12-11-14-5-3-4-6-16(14)13-25/h3-10,18-19,26H,2,11-13H2,1H3,(H,23,24,27)/t18-,19+/m1/s1. The number of benzene rings is 2. The van der Waals surface area contributed by atoms with E-state index in [9.17, 15) is 14.7 Å². The molecule has 4 rings (SSSR count). The highest BCUT2D eigenvalue weighted by Gasteiger charge is 2.42. The van der Waals surface area contributed by atoms with E-state index >= 15 is 0 Å². The fourth-order valence-electron chi connectivity index (χ4n) is 3.81. The van der Waals surface area contributed by atoms with Gasteiger partial charge in [-0.15, -0.1) is 0 Å². The number of aliphatic imine (C=N–C) groups is 1. The Balaban J connectivity index is 1.68. The molecule has 0 radical (unpaired) electrons. The van der Waals surface area contributed by atoms with Crippen molar-refractivity contribution in [3.05, 3.63) is 65.2 Å². The first-order valence-corrected chi connectivity index (χ1v) is 9.72. The van der Waals surface area contributed by atoms with Crippen LogP contribution in [-0.4, -0.2) is 41.0 Å². The quantitative estimate of drug-likeness (QED) is 0.616. The van der Waals surface area contributed by atoms with Crippen LogP contribution in [0.2, 0.25) is 0 Å². The van der Waals surface area contributed by atoms with Crippen LogP contribution in [0.3, 0.4) is 0 Å². The smallest absolute Gasteiger partial charge is 0.321 e. The van der Waals surface area contributed by atoms with Gasteiger partial charge in [-0.25, -0.2) is 4.99 Å². The fraction of sp³-hybridized carbons (Fsp3) is 0.318. The lowest BCUT2D eigenvalue weighted by molar-refractivity contribution is -0.153. The molecule has 7 heteroatoms. The van der Waals surface area contributed by atoms with Gasteiger partial charge in [0.2, 0.25) is 11.9 Å². The highest BCUT2D eigenvalue weighted by Crippen LogP contribution is 2.32. The molecule has 2 N–H and O–H groups in total. The molecule has 0 saturated heterocycles. The Kier molecular flexibility index (Phi) is 5.20. The maximum absolute atomic E-state index is 12.9. The number of fused-ring (bicyclic) bond motifs is 1. The van der Waals surface area contributed by atoms with Crippen molar-refractivity contribution >= 4 is 17.8 Å². The van der Waals surface area contributed by atoms with Gasteiger partial charge in [0.1, 0.15) is 11.8 Å². The summed E-state index contributed by atoms with van der Waals surface area (Å²) in [6, 6.07) is 13.9. The van der Waals surface area contributed by atoms with Crippen molar-refractivity contribution in [2.45, 2.75) is 25.9 Å². The van der Waals surface area contributed by atoms with Gasteiger partial charge in [-0.2, -0.15) is 0 Å². The van der Waals surface area contributed by atoms with Gasteiger partial charge in [0, 0.05) is 13.1 Å². The first kappa shape index (κ1) is 19.0. The van der Waals surface area contributed by atoms with Gasteiger partial charge >= 0.3 is 5.97 Å². The third-order valence-electron chi connectivity index (χ3n) is 5.30. The van der Waals surface area contributed by atoms with Gasteiger partial charge in [0.05, 0.1) is 6.61 Å². The number of phenols is 1. The summed E-state index contributed by atoms with van der Waals surface area (Å²) in [5.74, 6) is -1.53. The molecule has 0 aliphatic carbocycles. The molecule has 7 nitrogen and oxygen atoms in total. The molecule has 0 bridgehead atoms. The van der Waals surface area contributed by atoms with E-state index in [1.165, 1.54) is 23.3 Å². The lowest BCUT2D eigenvalue weighted by Gasteiger charge is -2.36. The molecule has 2 atom stereocenters. The lowest BCUT2D eigenvalue weighted by atomic mass is 9.91. The molecular weight excluding hydrogens is 370 g/mol. The summed E-state index contributed by atoms with van der Waals surface area (Å²) < 4.78 is 5.12. The first-order chi connectivity index (χ1) is 14.1. The number of hydrogen-bond acceptors (Lipinski definition) is 6. The Morgan fingerprint density at radius 1 is 1.21 bits per heavy atom. The maximum atomic E-state index is 12.9. The van der Waals surface area contributed by atoms with Crippen molar-refractivity contribution in [3.63, 3.8) is 0 Å². The average molecular weight is 393 g/mol. The minimum atomic E-state index is -1.07. The van der Waals surface area contributed by atoms with Crippen LogP contribution in [0.4, 0.5) is 0 Å². The van der Waals surface area contributed by atoms with Crippen LogP contribution in [0.5, 0.6) is 5.75 Å². The predicted molar refractivity (Wildman–Crippen MR) is 107 cm³/mol. The summed E-state index contributed by atoms with van der Waals surface area (Å²) in [6.07, 6.45) is 0.857. The minimum absolute atomic E-state index is 0.110. The summed E-state index contributed by atoms with van der Waals surface area (Å²) in [4.78, 5) is 32.1. The van der Waals surface area contributed by atoms with Crippen LogP contribution >= 0.6 is 0 Å². The van der Waals surface area contributed by atoms with Crippen LogP contribution in [0.1, 0.15) is 29.7 Å². The molecule has 0 aromatic heterocycles. The van der Waals surface area contributed by atoms with Crippen LogP contribution in [-0.2, 0) is 27.3 Å². The van der Waals surface area contributed by atoms with Gasteiger partial charge in [-0.3, -0.25) is 14.9 Å². The minimum Gasteiger partial charge on any atom is -0.508 e. The number of carbonyl (C=O) groups excluding carboxylic acids is 2. The summed E-state index contributed by atoms with van der Waals surface area (Å²) >= 11 is 0. The molecular formula is C22H23N3O4. The predicted octanol–water partition coefficient (Wildman–Crippen LogP) is 2.16. The number of rotatable bonds is 3. The van der Waals surface area contributed by atoms with Crippen molar-refractivity contribution in [2.75, 3.05) is 13.2 Å². The van der Waals surface area contributed by atoms with E-state index in [-0.39, 0.29) is 12.4 Å². The SMILES string of the molecule is CCOC(=O)[C@H]1C(=O)NC(N2CCc3ccccc3C2)=N[C@H]1c1ccc(O)cc1. The molecule has 0 saturated carbocycles. The van der Waals surface area contributed by atoms with Gasteiger partial charge in [0.15, 0.2) is 5.92 Å². The number of guanidine groups is 1. The van der Waals surface area contributed by atoms with E-state index in [1.807, 2.05) is 17.0 Å². The number of aromatic hydroxyl groups is 1. The Morgan fingerprint density at radius 3 is 2.66 bits per heavy atom. The normalized spacial score (nSPS) is 21.1. The zero-order valence-electron chi connectivity index (χ0n) is 16.2. The van der Waals surface area contributed by atoms with E-state index in [1.54, 1.807) is 19.1 Å². The van der Waals surface area contributed by atoms with Crippen LogP contribution in [0, 0.1) is 5.92 Å². The van der Waals surface area contributed by atoms with Crippen LogP contribution in [0.15, 0.2) is 53.5 Å². The molecule has 150 valence electrons. The zero-order valence-corrected chi connectivity index (χ0v) is 16.2. The van der Waals surface area contributed by atoms with E-state index in [4.69, 9.17) is 9.73 Å². The maximum Gasteiger partial charge on any atom is 0.321 e. The van der Waals surface area contributed by atoms with Crippen molar-refractivity contribution in [1.29, 1.82) is 0 Å². The summed E-state index contributed by atoms with van der Waals surface area (Å²) in [6.45, 7) is 3.25. The fourth-order valence-corrected chi connectivity index (χ4v) is 3.81. The second-order valence-electron chi connectivity index (χ2n) is 7.15. The third kappa shape index (κ3) is 3.81. The number of phenolic OH excluding ortho intramolecular Hbond substituents is 1. The molecule has 0 fully saturated rings. The Bertz CT molecular complexity index is 955. The summed E-state index contributed by atoms with van der Waals surface area (Å²) in [5, 5.41) is 12.4. The van der Waals surface area contributed by atoms with Gasteiger partial charge in [-0.05, 0) is 42.2 Å². The highest BCUT2D eigenvalue weighted by atomic mass is 16.5. The number of nitrogens with zero attached hydrogens (tertiary/aromatic N) is 2. The number of esters is 1. The first-order valence-electron chi connectivity index (χ1n) is 9.72. The number of hydrogen-bond donors (Lipinski definition) is 2. The number of carbonyl (C=O) groups is 2. The van der Waals surface area contributed by atoms with Gasteiger partial charge in [0.25, 0.3) is 0 Å². The van der Waals surface area contributed by atoms with Gasteiger partial charge in [-0.1, -0.05) is 36.4 Å². The second-order valence-corrected chi connectivity index (χ2v) is 7.15. The van der Waals surface area contributed by atoms with Gasteiger partial charge < -0.3 is 14.7 Å². The molecule has 29 heavy (non-hydrogen) atoms. The van der Waals surface area contributed by atoms with E-state index in [0.717, 1.165) is 13.0 Å². The molecule has 0 spiro atoms. The second kappa shape index (κ2) is 7.95. The number of nitrogens with one attached hydrogen (secondary N) is 1. The van der Waals surface area contributed by atoms with Crippen LogP contribution in [0.25, 0.3) is 0 Å². The van der Waals surface area contributed by atoms with E-state index in [2.05, 4.69) is 17.4 Å². The van der Waals surface area contributed by atoms with Crippen molar-refractivity contribution in [3.8, 4) is 5.75 Å². The average Bonchev–Trinajstić information content (AvgIpc) is 2.73. The zero-order chi connectivity index (χ0) is 20.4. The molecule has 2 heterocycles. The van der Waals surface area contributed by atoms with E-state index in [0.29, 0.717) is 18.1 Å². The van der Waals surface area contributed by atoms with Crippen molar-refractivity contribution in [2.24, 2.45) is 10.9 Å². The Labute approximate surface area is 169 Å². The Hall–Kier alpha value is -3.35. The van der Waals surface area contributed by atoms with Crippen molar-refractivity contribution < 1.29 is 19.4 Å². The van der Waals surface area contributed by atoms with Crippen LogP contribution < -0.4 is 5.32 Å². The molecule has 0 unspecified atom stereocenters. The summed E-state index contributed by atoms with van der Waals surface area (Å²) in [5.41, 5.74) is 3.17.